The number of halogens is 1. The molecule has 3 aromatic rings. The Hall–Kier alpha value is -2.00. The van der Waals surface area contributed by atoms with Crippen molar-refractivity contribution in [1.82, 2.24) is 9.88 Å². The fraction of sp³-hybridized carbons (Fsp3) is 0.417. The molecule has 0 spiro atoms. The Balaban J connectivity index is 0.00000385. The second-order valence-electron chi connectivity index (χ2n) is 7.13. The minimum absolute atomic E-state index is 0. The molecule has 1 heterocycles. The monoisotopic (exact) mass is 509 g/mol. The van der Waals surface area contributed by atoms with Crippen molar-refractivity contribution in [3.63, 3.8) is 0 Å². The van der Waals surface area contributed by atoms with E-state index < -0.39 is 0 Å². The van der Waals surface area contributed by atoms with Gasteiger partial charge in [-0.05, 0) is 37.4 Å². The molecule has 2 aromatic carbocycles. The summed E-state index contributed by atoms with van der Waals surface area (Å²) in [5, 5.41) is 0.685. The van der Waals surface area contributed by atoms with Crippen LogP contribution in [0.2, 0.25) is 0 Å². The number of carbonyl (C=O) groups is 1. The minimum atomic E-state index is 0. The Kier molecular flexibility index (Phi) is 11.3. The summed E-state index contributed by atoms with van der Waals surface area (Å²) in [6.45, 7) is 7.57. The molecule has 0 radical (unpaired) electrons. The number of benzene rings is 2. The predicted molar refractivity (Wildman–Crippen MR) is 142 cm³/mol. The summed E-state index contributed by atoms with van der Waals surface area (Å²) in [6.07, 6.45) is 0.446. The van der Waals surface area contributed by atoms with Gasteiger partial charge in [0, 0.05) is 30.2 Å². The zero-order valence-corrected chi connectivity index (χ0v) is 22.0. The Labute approximate surface area is 210 Å². The average molecular weight is 510 g/mol. The fourth-order valence-corrected chi connectivity index (χ4v) is 5.39. The van der Waals surface area contributed by atoms with Crippen LogP contribution in [0.4, 0.5) is 5.13 Å². The summed E-state index contributed by atoms with van der Waals surface area (Å²) < 4.78 is 11.9. The number of nitrogens with zero attached hydrogens (tertiary/aromatic N) is 3. The highest BCUT2D eigenvalue weighted by Crippen LogP contribution is 2.40. The first-order valence-electron chi connectivity index (χ1n) is 10.8. The molecule has 1 amide bonds. The molecule has 0 N–H and O–H groups in total. The Bertz CT molecular complexity index is 972. The van der Waals surface area contributed by atoms with E-state index >= 15 is 0 Å². The van der Waals surface area contributed by atoms with Crippen molar-refractivity contribution in [2.24, 2.45) is 0 Å². The van der Waals surface area contributed by atoms with Crippen LogP contribution in [-0.2, 0) is 4.79 Å². The van der Waals surface area contributed by atoms with Crippen molar-refractivity contribution in [2.75, 3.05) is 51.1 Å². The first kappa shape index (κ1) is 27.2. The number of ether oxygens (including phenoxy) is 2. The smallest absolute Gasteiger partial charge is 0.229 e. The van der Waals surface area contributed by atoms with Crippen molar-refractivity contribution in [2.45, 2.75) is 25.2 Å². The maximum absolute atomic E-state index is 13.3. The Morgan fingerprint density at radius 1 is 1.00 bits per heavy atom. The van der Waals surface area contributed by atoms with Gasteiger partial charge in [-0.1, -0.05) is 43.4 Å². The highest BCUT2D eigenvalue weighted by molar-refractivity contribution is 7.99. The number of fused-ring (bicyclic) bond motifs is 1. The van der Waals surface area contributed by atoms with Crippen LogP contribution in [0.25, 0.3) is 10.2 Å². The minimum Gasteiger partial charge on any atom is -0.495 e. The van der Waals surface area contributed by atoms with Crippen molar-refractivity contribution in [1.29, 1.82) is 0 Å². The van der Waals surface area contributed by atoms with Crippen molar-refractivity contribution < 1.29 is 14.3 Å². The number of hydrogen-bond acceptors (Lipinski definition) is 7. The van der Waals surface area contributed by atoms with Gasteiger partial charge in [0.25, 0.3) is 0 Å². The number of methoxy groups -OCH3 is 2. The lowest BCUT2D eigenvalue weighted by atomic mass is 10.3. The van der Waals surface area contributed by atoms with E-state index in [9.17, 15) is 4.79 Å². The summed E-state index contributed by atoms with van der Waals surface area (Å²) in [4.78, 5) is 23.4. The number of likely N-dealkylation sites (N-methyl/N-ethyl adjacent to an activating group) is 1. The molecule has 0 unspecified atom stereocenters. The van der Waals surface area contributed by atoms with E-state index in [4.69, 9.17) is 14.5 Å². The summed E-state index contributed by atoms with van der Waals surface area (Å²) in [6, 6.07) is 13.9. The molecular formula is C24H32ClN3O3S2. The second-order valence-corrected chi connectivity index (χ2v) is 9.27. The standard InChI is InChI=1S/C24H31N3O3S2.ClH/c1-5-26(6-2)15-16-27(21(28)14-17-31-18-10-8-7-9-11-18)24-25-22-19(29-3)12-13-20(30-4)23(22)32-24;/h7-13H,5-6,14-17H2,1-4H3;1H. The number of aromatic nitrogens is 1. The summed E-state index contributed by atoms with van der Waals surface area (Å²) in [5.41, 5.74) is 0.728. The molecule has 1 aromatic heterocycles. The van der Waals surface area contributed by atoms with Crippen molar-refractivity contribution in [3.05, 3.63) is 42.5 Å². The van der Waals surface area contributed by atoms with Crippen LogP contribution in [0.1, 0.15) is 20.3 Å². The second kappa shape index (κ2) is 13.6. The maximum atomic E-state index is 13.3. The number of thiazole rings is 1. The van der Waals surface area contributed by atoms with Gasteiger partial charge in [-0.3, -0.25) is 9.69 Å². The third-order valence-corrected chi connectivity index (χ3v) is 7.40. The van der Waals surface area contributed by atoms with Gasteiger partial charge in [0.15, 0.2) is 5.13 Å². The fourth-order valence-electron chi connectivity index (χ4n) is 3.41. The van der Waals surface area contributed by atoms with Crippen LogP contribution in [-0.4, -0.2) is 61.9 Å². The van der Waals surface area contributed by atoms with E-state index in [1.54, 1.807) is 26.0 Å². The Morgan fingerprint density at radius 3 is 2.30 bits per heavy atom. The van der Waals surface area contributed by atoms with E-state index in [2.05, 4.69) is 30.9 Å². The molecular weight excluding hydrogens is 478 g/mol. The van der Waals surface area contributed by atoms with Gasteiger partial charge in [-0.25, -0.2) is 4.98 Å². The van der Waals surface area contributed by atoms with Crippen LogP contribution < -0.4 is 14.4 Å². The normalized spacial score (nSPS) is 10.8. The zero-order chi connectivity index (χ0) is 22.9. The van der Waals surface area contributed by atoms with Gasteiger partial charge >= 0.3 is 0 Å². The van der Waals surface area contributed by atoms with Crippen LogP contribution in [0.3, 0.4) is 0 Å². The van der Waals surface area contributed by atoms with Crippen LogP contribution in [0, 0.1) is 0 Å². The third-order valence-electron chi connectivity index (χ3n) is 5.29. The van der Waals surface area contributed by atoms with E-state index in [1.165, 1.54) is 16.2 Å². The zero-order valence-electron chi connectivity index (χ0n) is 19.6. The molecule has 0 aliphatic rings. The van der Waals surface area contributed by atoms with Crippen LogP contribution in [0.5, 0.6) is 11.5 Å². The van der Waals surface area contributed by atoms with Crippen molar-refractivity contribution >= 4 is 56.8 Å². The largest absolute Gasteiger partial charge is 0.495 e. The van der Waals surface area contributed by atoms with Crippen LogP contribution in [0.15, 0.2) is 47.4 Å². The van der Waals surface area contributed by atoms with Crippen molar-refractivity contribution in [3.8, 4) is 11.5 Å². The molecule has 0 bridgehead atoms. The maximum Gasteiger partial charge on any atom is 0.229 e. The molecule has 0 fully saturated rings. The molecule has 0 atom stereocenters. The lowest BCUT2D eigenvalue weighted by Crippen LogP contribution is -2.39. The predicted octanol–water partition coefficient (Wildman–Crippen LogP) is 5.59. The number of carbonyl (C=O) groups excluding carboxylic acids is 1. The molecule has 6 nitrogen and oxygen atoms in total. The van der Waals surface area contributed by atoms with Gasteiger partial charge in [0.2, 0.25) is 5.91 Å². The van der Waals surface area contributed by atoms with Gasteiger partial charge in [0.05, 0.1) is 14.2 Å². The first-order chi connectivity index (χ1) is 15.6. The number of rotatable bonds is 12. The molecule has 0 saturated heterocycles. The Morgan fingerprint density at radius 2 is 1.67 bits per heavy atom. The number of anilines is 1. The lowest BCUT2D eigenvalue weighted by Gasteiger charge is -2.24. The molecule has 0 aliphatic heterocycles. The topological polar surface area (TPSA) is 54.9 Å². The SMILES string of the molecule is CCN(CC)CCN(C(=O)CCSc1ccccc1)c1nc2c(OC)ccc(OC)c2s1.Cl. The van der Waals surface area contributed by atoms with Gasteiger partial charge in [-0.15, -0.1) is 24.2 Å². The van der Waals surface area contributed by atoms with E-state index in [1.807, 2.05) is 35.2 Å². The van der Waals surface area contributed by atoms with E-state index in [-0.39, 0.29) is 18.3 Å². The summed E-state index contributed by atoms with van der Waals surface area (Å²) >= 11 is 3.17. The molecule has 33 heavy (non-hydrogen) atoms. The summed E-state index contributed by atoms with van der Waals surface area (Å²) in [5.74, 6) is 2.22. The highest BCUT2D eigenvalue weighted by atomic mass is 35.5. The number of hydrogen-bond donors (Lipinski definition) is 0. The average Bonchev–Trinajstić information content (AvgIpc) is 3.27. The van der Waals surface area contributed by atoms with Gasteiger partial charge < -0.3 is 14.4 Å². The quantitative estimate of drug-likeness (QED) is 0.296. The molecule has 9 heteroatoms. The number of thioether (sulfide) groups is 1. The van der Waals surface area contributed by atoms with Gasteiger partial charge in [0.1, 0.15) is 21.7 Å². The van der Waals surface area contributed by atoms with E-state index in [0.29, 0.717) is 23.8 Å². The lowest BCUT2D eigenvalue weighted by molar-refractivity contribution is -0.118. The molecule has 0 saturated carbocycles. The third kappa shape index (κ3) is 6.99. The number of amides is 1. The summed E-state index contributed by atoms with van der Waals surface area (Å²) in [7, 11) is 3.27. The molecule has 180 valence electrons. The van der Waals surface area contributed by atoms with E-state index in [0.717, 1.165) is 41.4 Å². The first-order valence-corrected chi connectivity index (χ1v) is 12.6. The van der Waals surface area contributed by atoms with Gasteiger partial charge in [-0.2, -0.15) is 0 Å². The molecule has 3 rings (SSSR count). The molecule has 0 aliphatic carbocycles. The van der Waals surface area contributed by atoms with Crippen LogP contribution >= 0.6 is 35.5 Å². The highest BCUT2D eigenvalue weighted by Gasteiger charge is 2.23.